The van der Waals surface area contributed by atoms with Crippen LogP contribution in [0.1, 0.15) is 39.2 Å². The van der Waals surface area contributed by atoms with Crippen molar-refractivity contribution in [3.8, 4) is 0 Å². The Balaban J connectivity index is 2.12. The molecule has 0 amide bonds. The van der Waals surface area contributed by atoms with Crippen LogP contribution in [0, 0.1) is 11.7 Å². The van der Waals surface area contributed by atoms with E-state index >= 15 is 0 Å². The minimum absolute atomic E-state index is 0.00198. The lowest BCUT2D eigenvalue weighted by atomic mass is 10.1. The zero-order valence-corrected chi connectivity index (χ0v) is 19.8. The van der Waals surface area contributed by atoms with E-state index in [2.05, 4.69) is 28.4 Å². The molecule has 1 atom stereocenters. The first-order valence-corrected chi connectivity index (χ1v) is 10.9. The van der Waals surface area contributed by atoms with Gasteiger partial charge in [-0.05, 0) is 38.7 Å². The maximum Gasteiger partial charge on any atom is 0.271 e. The summed E-state index contributed by atoms with van der Waals surface area (Å²) < 4.78 is 41.5. The number of aliphatic imine (C=N–C) groups is 1. The lowest BCUT2D eigenvalue weighted by Gasteiger charge is -2.35. The molecule has 2 rings (SSSR count). The quantitative estimate of drug-likeness (QED) is 0.417. The molecule has 0 aromatic heterocycles. The van der Waals surface area contributed by atoms with Gasteiger partial charge in [-0.25, -0.2) is 18.2 Å². The van der Waals surface area contributed by atoms with Gasteiger partial charge in [-0.3, -0.25) is 0 Å². The van der Waals surface area contributed by atoms with Crippen LogP contribution >= 0.6 is 0 Å². The molecule has 1 aromatic carbocycles. The minimum atomic E-state index is -2.96. The molecule has 0 aliphatic heterocycles. The summed E-state index contributed by atoms with van der Waals surface area (Å²) in [6.07, 6.45) is 4.81. The summed E-state index contributed by atoms with van der Waals surface area (Å²) in [6.45, 7) is 13.9. The normalized spacial score (nSPS) is 15.6. The van der Waals surface area contributed by atoms with Gasteiger partial charge >= 0.3 is 0 Å². The van der Waals surface area contributed by atoms with Crippen molar-refractivity contribution < 1.29 is 13.2 Å². The van der Waals surface area contributed by atoms with E-state index in [9.17, 15) is 13.2 Å². The van der Waals surface area contributed by atoms with Crippen molar-refractivity contribution >= 4 is 17.6 Å². The predicted octanol–water partition coefficient (Wildman–Crippen LogP) is 5.70. The highest BCUT2D eigenvalue weighted by molar-refractivity contribution is 5.81. The van der Waals surface area contributed by atoms with Gasteiger partial charge in [0.15, 0.2) is 0 Å². The number of nitrogens with zero attached hydrogens (tertiary/aromatic N) is 3. The molecule has 0 spiro atoms. The van der Waals surface area contributed by atoms with Gasteiger partial charge in [0.1, 0.15) is 11.6 Å². The number of hydrogen-bond donors (Lipinski definition) is 1. The number of allylic oxidation sites excluding steroid dienone is 2. The van der Waals surface area contributed by atoms with Gasteiger partial charge in [0, 0.05) is 63.2 Å². The number of anilines is 1. The first-order valence-electron chi connectivity index (χ1n) is 10.9. The molecule has 0 bridgehead atoms. The summed E-state index contributed by atoms with van der Waals surface area (Å²) in [4.78, 5) is 7.98. The van der Waals surface area contributed by atoms with E-state index in [0.717, 1.165) is 30.9 Å². The van der Waals surface area contributed by atoms with E-state index in [4.69, 9.17) is 0 Å². The Morgan fingerprint density at radius 2 is 1.97 bits per heavy atom. The van der Waals surface area contributed by atoms with Crippen LogP contribution in [0.5, 0.6) is 0 Å². The van der Waals surface area contributed by atoms with Crippen molar-refractivity contribution in [3.05, 3.63) is 60.2 Å². The fourth-order valence-corrected chi connectivity index (χ4v) is 3.50. The molecule has 1 aromatic rings. The summed E-state index contributed by atoms with van der Waals surface area (Å²) in [5.41, 5.74) is 1.85. The molecule has 4 nitrogen and oxygen atoms in total. The van der Waals surface area contributed by atoms with Gasteiger partial charge in [-0.15, -0.1) is 0 Å². The molecule has 0 radical (unpaired) electrons. The molecule has 1 fully saturated rings. The van der Waals surface area contributed by atoms with Crippen molar-refractivity contribution in [2.75, 3.05) is 32.1 Å². The zero-order chi connectivity index (χ0) is 24.1. The SMILES string of the molecule is C=C(/N=C\C(=C/C)C(C)(F)F)NCC(C)N(CC1CC1)C(=C)c1cccc(F)c1N(C)C. The molecule has 1 saturated carbocycles. The molecular formula is C25H35F3N4. The van der Waals surface area contributed by atoms with Crippen LogP contribution in [-0.2, 0) is 0 Å². The van der Waals surface area contributed by atoms with Crippen molar-refractivity contribution in [2.45, 2.75) is 45.6 Å². The van der Waals surface area contributed by atoms with Gasteiger partial charge in [0.2, 0.25) is 0 Å². The van der Waals surface area contributed by atoms with Crippen LogP contribution in [0.25, 0.3) is 5.70 Å². The predicted molar refractivity (Wildman–Crippen MR) is 129 cm³/mol. The lowest BCUT2D eigenvalue weighted by Crippen LogP contribution is -2.40. The highest BCUT2D eigenvalue weighted by atomic mass is 19.3. The molecule has 32 heavy (non-hydrogen) atoms. The standard InChI is InChI=1S/C25H35F3N4/c1-8-21(25(5,27)28)15-30-19(4)29-14-17(2)32(16-20-12-13-20)18(3)22-10-9-11-23(26)24(22)31(6)7/h8-11,15,17,20,29H,3-4,12-14,16H2,1-2,5-7H3/b21-8+,30-15-. The highest BCUT2D eigenvalue weighted by Crippen LogP contribution is 2.36. The molecule has 1 aliphatic rings. The van der Waals surface area contributed by atoms with Gasteiger partial charge in [-0.1, -0.05) is 31.4 Å². The van der Waals surface area contributed by atoms with Gasteiger partial charge in [-0.2, -0.15) is 0 Å². The van der Waals surface area contributed by atoms with Gasteiger partial charge in [0.05, 0.1) is 5.69 Å². The Kier molecular flexibility index (Phi) is 8.58. The molecule has 1 N–H and O–H groups in total. The van der Waals surface area contributed by atoms with E-state index in [1.807, 2.05) is 27.1 Å². The first-order chi connectivity index (χ1) is 15.0. The van der Waals surface area contributed by atoms with E-state index in [1.165, 1.54) is 25.0 Å². The van der Waals surface area contributed by atoms with E-state index < -0.39 is 5.92 Å². The number of nitrogens with one attached hydrogen (secondary N) is 1. The number of para-hydroxylation sites is 1. The molecule has 7 heteroatoms. The van der Waals surface area contributed by atoms with E-state index in [-0.39, 0.29) is 17.4 Å². The van der Waals surface area contributed by atoms with Gasteiger partial charge in [0.25, 0.3) is 5.92 Å². The summed E-state index contributed by atoms with van der Waals surface area (Å²) in [5, 5.41) is 3.11. The van der Waals surface area contributed by atoms with Crippen LogP contribution in [0.4, 0.5) is 18.9 Å². The second kappa shape index (κ2) is 10.7. The van der Waals surface area contributed by atoms with Crippen molar-refractivity contribution in [3.63, 3.8) is 0 Å². The third-order valence-corrected chi connectivity index (χ3v) is 5.55. The molecule has 1 unspecified atom stereocenters. The zero-order valence-electron chi connectivity index (χ0n) is 19.8. The minimum Gasteiger partial charge on any atom is -0.375 e. The van der Waals surface area contributed by atoms with Crippen molar-refractivity contribution in [1.29, 1.82) is 0 Å². The monoisotopic (exact) mass is 448 g/mol. The van der Waals surface area contributed by atoms with E-state index in [0.29, 0.717) is 24.0 Å². The van der Waals surface area contributed by atoms with Crippen LogP contribution in [0.3, 0.4) is 0 Å². The van der Waals surface area contributed by atoms with Crippen LogP contribution < -0.4 is 10.2 Å². The average molecular weight is 449 g/mol. The lowest BCUT2D eigenvalue weighted by molar-refractivity contribution is 0.0705. The maximum absolute atomic E-state index is 14.5. The van der Waals surface area contributed by atoms with Crippen molar-refractivity contribution in [1.82, 2.24) is 10.2 Å². The van der Waals surface area contributed by atoms with Crippen LogP contribution in [0.2, 0.25) is 0 Å². The van der Waals surface area contributed by atoms with E-state index in [1.54, 1.807) is 17.9 Å². The van der Waals surface area contributed by atoms with Crippen LogP contribution in [0.15, 0.2) is 53.8 Å². The summed E-state index contributed by atoms with van der Waals surface area (Å²) >= 11 is 0. The fraction of sp³-hybridized carbons (Fsp3) is 0.480. The van der Waals surface area contributed by atoms with Crippen molar-refractivity contribution in [2.24, 2.45) is 10.9 Å². The molecule has 176 valence electrons. The summed E-state index contributed by atoms with van der Waals surface area (Å²) in [5.74, 6) is -2.35. The first kappa shape index (κ1) is 25.6. The Morgan fingerprint density at radius 3 is 2.50 bits per heavy atom. The Morgan fingerprint density at radius 1 is 1.31 bits per heavy atom. The summed E-state index contributed by atoms with van der Waals surface area (Å²) in [6, 6.07) is 5.03. The Hall–Kier alpha value is -2.70. The topological polar surface area (TPSA) is 30.9 Å². The largest absolute Gasteiger partial charge is 0.375 e. The summed E-state index contributed by atoms with van der Waals surface area (Å²) in [7, 11) is 3.62. The number of benzene rings is 1. The molecule has 0 saturated heterocycles. The smallest absolute Gasteiger partial charge is 0.271 e. The molecular weight excluding hydrogens is 413 g/mol. The Bertz CT molecular complexity index is 880. The Labute approximate surface area is 190 Å². The molecule has 1 aliphatic carbocycles. The van der Waals surface area contributed by atoms with Crippen LogP contribution in [-0.4, -0.2) is 50.3 Å². The number of hydrogen-bond acceptors (Lipinski definition) is 4. The third-order valence-electron chi connectivity index (χ3n) is 5.55. The second-order valence-corrected chi connectivity index (χ2v) is 8.64. The number of rotatable bonds is 12. The maximum atomic E-state index is 14.5. The fourth-order valence-electron chi connectivity index (χ4n) is 3.50. The number of halogens is 3. The highest BCUT2D eigenvalue weighted by Gasteiger charge is 2.29. The van der Waals surface area contributed by atoms with Gasteiger partial charge < -0.3 is 15.1 Å². The third kappa shape index (κ3) is 6.90. The second-order valence-electron chi connectivity index (χ2n) is 8.64. The molecule has 0 heterocycles. The average Bonchev–Trinajstić information content (AvgIpc) is 3.53. The number of alkyl halides is 2.